The van der Waals surface area contributed by atoms with Crippen LogP contribution in [0.1, 0.15) is 16.2 Å². The summed E-state index contributed by atoms with van der Waals surface area (Å²) in [4.78, 5) is 26.8. The smallest absolute Gasteiger partial charge is 0.395 e. The minimum Gasteiger partial charge on any atom is -0.395 e. The van der Waals surface area contributed by atoms with Crippen molar-refractivity contribution in [2.75, 3.05) is 6.54 Å². The lowest BCUT2D eigenvalue weighted by Crippen LogP contribution is -2.25. The zero-order valence-electron chi connectivity index (χ0n) is 14.2. The Hall–Kier alpha value is -3.60. The van der Waals surface area contributed by atoms with Crippen LogP contribution in [-0.4, -0.2) is 32.0 Å². The lowest BCUT2D eigenvalue weighted by atomic mass is 10.2. The molecule has 11 heteroatoms. The standard InChI is InChI=1S/C17H12FN5O4S/c18-12-4-2-1-3-11(12)15-20-17-22(21-15)10(9-28-17)7-8-19-16(24)13-5-6-14(27-13)23(25)26/h1-6,9H,7-8H2,(H,19,24). The number of hydrogen-bond acceptors (Lipinski definition) is 7. The van der Waals surface area contributed by atoms with Crippen molar-refractivity contribution in [1.82, 2.24) is 19.9 Å². The highest BCUT2D eigenvalue weighted by Gasteiger charge is 2.18. The van der Waals surface area contributed by atoms with Crippen molar-refractivity contribution in [3.63, 3.8) is 0 Å². The van der Waals surface area contributed by atoms with E-state index < -0.39 is 22.5 Å². The minimum atomic E-state index is -0.712. The number of carbonyl (C=O) groups excluding carboxylic acids is 1. The molecule has 4 rings (SSSR count). The van der Waals surface area contributed by atoms with Gasteiger partial charge in [-0.2, -0.15) is 4.98 Å². The number of rotatable bonds is 6. The van der Waals surface area contributed by atoms with Crippen molar-refractivity contribution in [2.45, 2.75) is 6.42 Å². The highest BCUT2D eigenvalue weighted by molar-refractivity contribution is 7.15. The monoisotopic (exact) mass is 401 g/mol. The van der Waals surface area contributed by atoms with Crippen molar-refractivity contribution in [1.29, 1.82) is 0 Å². The lowest BCUT2D eigenvalue weighted by molar-refractivity contribution is -0.402. The Morgan fingerprint density at radius 2 is 2.14 bits per heavy atom. The van der Waals surface area contributed by atoms with Gasteiger partial charge in [-0.15, -0.1) is 16.4 Å². The predicted molar refractivity (Wildman–Crippen MR) is 97.7 cm³/mol. The van der Waals surface area contributed by atoms with Crippen molar-refractivity contribution < 1.29 is 18.5 Å². The Kier molecular flexibility index (Phi) is 4.57. The summed E-state index contributed by atoms with van der Waals surface area (Å²) in [6, 6.07) is 8.63. The maximum absolute atomic E-state index is 13.9. The predicted octanol–water partition coefficient (Wildman–Crippen LogP) is 3.07. The Labute approximate surface area is 160 Å². The van der Waals surface area contributed by atoms with E-state index in [9.17, 15) is 19.3 Å². The van der Waals surface area contributed by atoms with Crippen LogP contribution in [0.4, 0.5) is 10.3 Å². The van der Waals surface area contributed by atoms with Crippen LogP contribution in [0.3, 0.4) is 0 Å². The fraction of sp³-hybridized carbons (Fsp3) is 0.118. The van der Waals surface area contributed by atoms with Crippen molar-refractivity contribution in [3.05, 3.63) is 69.2 Å². The summed E-state index contributed by atoms with van der Waals surface area (Å²) in [7, 11) is 0. The fourth-order valence-corrected chi connectivity index (χ4v) is 3.45. The molecular formula is C17H12FN5O4S. The van der Waals surface area contributed by atoms with Crippen LogP contribution in [-0.2, 0) is 6.42 Å². The Morgan fingerprint density at radius 1 is 1.32 bits per heavy atom. The second-order valence-electron chi connectivity index (χ2n) is 5.74. The van der Waals surface area contributed by atoms with E-state index in [1.807, 2.05) is 5.38 Å². The first-order chi connectivity index (χ1) is 13.5. The highest BCUT2D eigenvalue weighted by atomic mass is 32.1. The number of halogens is 1. The molecule has 4 aromatic rings. The van der Waals surface area contributed by atoms with E-state index >= 15 is 0 Å². The first kappa shape index (κ1) is 17.8. The molecule has 1 aromatic carbocycles. The van der Waals surface area contributed by atoms with E-state index in [0.717, 1.165) is 11.8 Å². The van der Waals surface area contributed by atoms with Gasteiger partial charge in [-0.05, 0) is 18.2 Å². The molecular weight excluding hydrogens is 389 g/mol. The number of carbonyl (C=O) groups is 1. The average Bonchev–Trinajstić information content (AvgIpc) is 3.38. The molecule has 1 N–H and O–H groups in total. The van der Waals surface area contributed by atoms with Crippen LogP contribution in [0.25, 0.3) is 16.3 Å². The van der Waals surface area contributed by atoms with E-state index in [1.165, 1.54) is 23.5 Å². The maximum atomic E-state index is 13.9. The third-order valence-electron chi connectivity index (χ3n) is 3.93. The van der Waals surface area contributed by atoms with Gasteiger partial charge >= 0.3 is 5.88 Å². The van der Waals surface area contributed by atoms with Crippen LogP contribution in [0.2, 0.25) is 0 Å². The fourth-order valence-electron chi connectivity index (χ4n) is 2.59. The quantitative estimate of drug-likeness (QED) is 0.392. The maximum Gasteiger partial charge on any atom is 0.433 e. The number of thiazole rings is 1. The number of fused-ring (bicyclic) bond motifs is 1. The zero-order chi connectivity index (χ0) is 19.7. The minimum absolute atomic E-state index is 0.134. The second-order valence-corrected chi connectivity index (χ2v) is 6.57. The number of aromatic nitrogens is 3. The Bertz CT molecular complexity index is 1180. The van der Waals surface area contributed by atoms with E-state index in [-0.39, 0.29) is 18.1 Å². The van der Waals surface area contributed by atoms with Gasteiger partial charge in [-0.1, -0.05) is 12.1 Å². The van der Waals surface area contributed by atoms with Gasteiger partial charge in [0.05, 0.1) is 17.3 Å². The number of furan rings is 1. The SMILES string of the molecule is O=C(NCCc1csc2nc(-c3ccccc3F)nn12)c1ccc([N+](=O)[O-])o1. The van der Waals surface area contributed by atoms with Crippen LogP contribution in [0.5, 0.6) is 0 Å². The number of hydrogen-bond donors (Lipinski definition) is 1. The molecule has 0 fully saturated rings. The number of nitrogens with one attached hydrogen (secondary N) is 1. The molecule has 0 atom stereocenters. The highest BCUT2D eigenvalue weighted by Crippen LogP contribution is 2.23. The molecule has 142 valence electrons. The summed E-state index contributed by atoms with van der Waals surface area (Å²) in [5.74, 6) is -1.29. The molecule has 3 heterocycles. The van der Waals surface area contributed by atoms with E-state index in [1.54, 1.807) is 22.7 Å². The largest absolute Gasteiger partial charge is 0.433 e. The molecule has 9 nitrogen and oxygen atoms in total. The Balaban J connectivity index is 1.44. The van der Waals surface area contributed by atoms with Gasteiger partial charge in [-0.3, -0.25) is 14.9 Å². The first-order valence-electron chi connectivity index (χ1n) is 8.13. The molecule has 0 bridgehead atoms. The summed E-state index contributed by atoms with van der Waals surface area (Å²) in [5.41, 5.74) is 1.11. The van der Waals surface area contributed by atoms with Gasteiger partial charge in [0.15, 0.2) is 11.6 Å². The molecule has 0 aliphatic carbocycles. The van der Waals surface area contributed by atoms with Crippen LogP contribution >= 0.6 is 11.3 Å². The van der Waals surface area contributed by atoms with E-state index in [0.29, 0.717) is 16.9 Å². The molecule has 3 aromatic heterocycles. The van der Waals surface area contributed by atoms with Gasteiger partial charge in [0, 0.05) is 18.3 Å². The summed E-state index contributed by atoms with van der Waals surface area (Å²) < 4.78 is 20.4. The molecule has 0 aliphatic rings. The number of amides is 1. The summed E-state index contributed by atoms with van der Waals surface area (Å²) >= 11 is 1.36. The molecule has 1 amide bonds. The van der Waals surface area contributed by atoms with Crippen LogP contribution in [0, 0.1) is 15.9 Å². The van der Waals surface area contributed by atoms with Gasteiger partial charge < -0.3 is 9.73 Å². The molecule has 0 radical (unpaired) electrons. The van der Waals surface area contributed by atoms with Gasteiger partial charge in [0.1, 0.15) is 10.7 Å². The summed E-state index contributed by atoms with van der Waals surface area (Å²) in [6.07, 6.45) is 0.439. The summed E-state index contributed by atoms with van der Waals surface area (Å²) in [6.45, 7) is 0.258. The molecule has 0 saturated heterocycles. The lowest BCUT2D eigenvalue weighted by Gasteiger charge is -2.02. The average molecular weight is 401 g/mol. The normalized spacial score (nSPS) is 11.0. The number of nitro groups is 1. The third-order valence-corrected chi connectivity index (χ3v) is 4.79. The van der Waals surface area contributed by atoms with E-state index in [4.69, 9.17) is 4.42 Å². The van der Waals surface area contributed by atoms with Crippen LogP contribution < -0.4 is 5.32 Å². The molecule has 0 aliphatic heterocycles. The topological polar surface area (TPSA) is 116 Å². The van der Waals surface area contributed by atoms with Gasteiger partial charge in [0.25, 0.3) is 5.91 Å². The first-order valence-corrected chi connectivity index (χ1v) is 9.01. The van der Waals surface area contributed by atoms with Gasteiger partial charge in [0.2, 0.25) is 4.96 Å². The van der Waals surface area contributed by atoms with E-state index in [2.05, 4.69) is 15.4 Å². The second kappa shape index (κ2) is 7.19. The zero-order valence-corrected chi connectivity index (χ0v) is 15.0. The summed E-state index contributed by atoms with van der Waals surface area (Å²) in [5, 5.41) is 19.4. The molecule has 0 saturated carbocycles. The molecule has 28 heavy (non-hydrogen) atoms. The number of benzene rings is 1. The molecule has 0 spiro atoms. The third kappa shape index (κ3) is 3.34. The number of nitrogens with zero attached hydrogens (tertiary/aromatic N) is 4. The Morgan fingerprint density at radius 3 is 2.89 bits per heavy atom. The molecule has 0 unspecified atom stereocenters. The van der Waals surface area contributed by atoms with Crippen molar-refractivity contribution in [2.24, 2.45) is 0 Å². The van der Waals surface area contributed by atoms with Crippen LogP contribution in [0.15, 0.2) is 46.2 Å². The van der Waals surface area contributed by atoms with Crippen molar-refractivity contribution >= 4 is 28.1 Å². The van der Waals surface area contributed by atoms with Gasteiger partial charge in [-0.25, -0.2) is 8.91 Å². The van der Waals surface area contributed by atoms with Crippen molar-refractivity contribution in [3.8, 4) is 11.4 Å².